The van der Waals surface area contributed by atoms with E-state index < -0.39 is 0 Å². The Morgan fingerprint density at radius 1 is 0.950 bits per heavy atom. The highest BCUT2D eigenvalue weighted by molar-refractivity contribution is 7.99. The molecular formula is C17H16N2S. The minimum atomic E-state index is 1.01. The molecule has 0 aliphatic rings. The zero-order chi connectivity index (χ0) is 13.8. The van der Waals surface area contributed by atoms with E-state index in [1.54, 1.807) is 11.8 Å². The molecule has 2 aromatic carbocycles. The Hall–Kier alpha value is -2.00. The first kappa shape index (κ1) is 13.0. The largest absolute Gasteiger partial charge is 0.287 e. The Balaban J connectivity index is 2.17. The zero-order valence-corrected chi connectivity index (χ0v) is 12.2. The average molecular weight is 280 g/mol. The lowest BCUT2D eigenvalue weighted by Crippen LogP contribution is -1.98. The van der Waals surface area contributed by atoms with Crippen molar-refractivity contribution >= 4 is 11.8 Å². The summed E-state index contributed by atoms with van der Waals surface area (Å²) in [6.07, 6.45) is 1.96. The van der Waals surface area contributed by atoms with Gasteiger partial charge in [0.15, 0.2) is 5.16 Å². The van der Waals surface area contributed by atoms with Gasteiger partial charge in [-0.25, -0.2) is 4.98 Å². The van der Waals surface area contributed by atoms with Gasteiger partial charge in [0.1, 0.15) is 0 Å². The summed E-state index contributed by atoms with van der Waals surface area (Å²) in [4.78, 5) is 4.58. The van der Waals surface area contributed by atoms with Gasteiger partial charge < -0.3 is 0 Å². The fraction of sp³-hybridized carbons (Fsp3) is 0.118. The predicted octanol–water partition coefficient (Wildman–Crippen LogP) is 4.65. The minimum absolute atomic E-state index is 1.01. The van der Waals surface area contributed by atoms with E-state index in [9.17, 15) is 0 Å². The van der Waals surface area contributed by atoms with Crippen LogP contribution in [0.3, 0.4) is 0 Å². The maximum Gasteiger partial charge on any atom is 0.173 e. The Morgan fingerprint density at radius 2 is 1.60 bits per heavy atom. The lowest BCUT2D eigenvalue weighted by Gasteiger charge is -2.11. The van der Waals surface area contributed by atoms with Crippen molar-refractivity contribution in [3.05, 3.63) is 66.9 Å². The molecule has 3 rings (SSSR count). The summed E-state index contributed by atoms with van der Waals surface area (Å²) in [5, 5.41) is 1.04. The van der Waals surface area contributed by atoms with E-state index in [0.717, 1.165) is 22.3 Å². The highest BCUT2D eigenvalue weighted by Crippen LogP contribution is 2.29. The molecule has 20 heavy (non-hydrogen) atoms. The van der Waals surface area contributed by atoms with E-state index >= 15 is 0 Å². The van der Waals surface area contributed by atoms with Crippen molar-refractivity contribution in [1.29, 1.82) is 0 Å². The molecule has 1 aromatic heterocycles. The quantitative estimate of drug-likeness (QED) is 0.647. The average Bonchev–Trinajstić information content (AvgIpc) is 2.93. The van der Waals surface area contributed by atoms with E-state index in [0.29, 0.717) is 0 Å². The molecule has 0 spiro atoms. The Kier molecular flexibility index (Phi) is 3.88. The van der Waals surface area contributed by atoms with E-state index in [2.05, 4.69) is 65.0 Å². The molecule has 0 bridgehead atoms. The number of benzene rings is 2. The van der Waals surface area contributed by atoms with Gasteiger partial charge in [-0.3, -0.25) is 4.57 Å². The SMILES string of the molecule is CCSc1ncc(-c2ccccc2)n1-c1ccccc1. The third kappa shape index (κ3) is 2.49. The maximum absolute atomic E-state index is 4.58. The monoisotopic (exact) mass is 280 g/mol. The topological polar surface area (TPSA) is 17.8 Å². The minimum Gasteiger partial charge on any atom is -0.287 e. The predicted molar refractivity (Wildman–Crippen MR) is 85.4 cm³/mol. The van der Waals surface area contributed by atoms with Gasteiger partial charge >= 0.3 is 0 Å². The molecule has 0 radical (unpaired) electrons. The van der Waals surface area contributed by atoms with Gasteiger partial charge in [-0.2, -0.15) is 0 Å². The summed E-state index contributed by atoms with van der Waals surface area (Å²) in [5.41, 5.74) is 3.47. The Bertz CT molecular complexity index is 675. The van der Waals surface area contributed by atoms with Crippen LogP contribution >= 0.6 is 11.8 Å². The summed E-state index contributed by atoms with van der Waals surface area (Å²) < 4.78 is 2.23. The van der Waals surface area contributed by atoms with Crippen LogP contribution in [-0.4, -0.2) is 15.3 Å². The maximum atomic E-state index is 4.58. The van der Waals surface area contributed by atoms with Crippen LogP contribution in [0.2, 0.25) is 0 Å². The van der Waals surface area contributed by atoms with Gasteiger partial charge in [0, 0.05) is 11.3 Å². The number of hydrogen-bond acceptors (Lipinski definition) is 2. The lowest BCUT2D eigenvalue weighted by molar-refractivity contribution is 0.901. The van der Waals surface area contributed by atoms with E-state index in [1.807, 2.05) is 18.3 Å². The second-order valence-corrected chi connectivity index (χ2v) is 5.63. The highest BCUT2D eigenvalue weighted by Gasteiger charge is 2.12. The second kappa shape index (κ2) is 5.97. The van der Waals surface area contributed by atoms with Gasteiger partial charge in [-0.1, -0.05) is 67.2 Å². The Labute approximate surface area is 123 Å². The summed E-state index contributed by atoms with van der Waals surface area (Å²) >= 11 is 1.76. The molecule has 0 aliphatic carbocycles. The normalized spacial score (nSPS) is 10.7. The standard InChI is InChI=1S/C17H16N2S/c1-2-20-17-18-13-16(14-9-5-3-6-10-14)19(17)15-11-7-4-8-12-15/h3-13H,2H2,1H3. The third-order valence-electron chi connectivity index (χ3n) is 3.09. The number of imidazole rings is 1. The van der Waals surface area contributed by atoms with Crippen molar-refractivity contribution in [3.8, 4) is 16.9 Å². The molecule has 3 heteroatoms. The Morgan fingerprint density at radius 3 is 2.25 bits per heavy atom. The van der Waals surface area contributed by atoms with Gasteiger partial charge in [-0.05, 0) is 17.9 Å². The van der Waals surface area contributed by atoms with Crippen LogP contribution < -0.4 is 0 Å². The number of aromatic nitrogens is 2. The summed E-state index contributed by atoms with van der Waals surface area (Å²) in [6.45, 7) is 2.15. The van der Waals surface area contributed by atoms with Crippen molar-refractivity contribution in [1.82, 2.24) is 9.55 Å². The van der Waals surface area contributed by atoms with Crippen molar-refractivity contribution < 1.29 is 0 Å². The number of para-hydroxylation sites is 1. The molecule has 0 aliphatic heterocycles. The van der Waals surface area contributed by atoms with Gasteiger partial charge in [0.2, 0.25) is 0 Å². The smallest absolute Gasteiger partial charge is 0.173 e. The highest BCUT2D eigenvalue weighted by atomic mass is 32.2. The molecule has 0 atom stereocenters. The van der Waals surface area contributed by atoms with Crippen LogP contribution in [0, 0.1) is 0 Å². The molecule has 1 heterocycles. The van der Waals surface area contributed by atoms with E-state index in [4.69, 9.17) is 0 Å². The molecule has 0 unspecified atom stereocenters. The van der Waals surface area contributed by atoms with E-state index in [-0.39, 0.29) is 0 Å². The fourth-order valence-corrected chi connectivity index (χ4v) is 2.92. The molecule has 2 nitrogen and oxygen atoms in total. The molecule has 0 amide bonds. The number of hydrogen-bond donors (Lipinski definition) is 0. The summed E-state index contributed by atoms with van der Waals surface area (Å²) in [6, 6.07) is 20.8. The molecule has 0 N–H and O–H groups in total. The van der Waals surface area contributed by atoms with Gasteiger partial charge in [-0.15, -0.1) is 0 Å². The van der Waals surface area contributed by atoms with Crippen molar-refractivity contribution in [2.24, 2.45) is 0 Å². The molecule has 0 saturated carbocycles. The number of thioether (sulfide) groups is 1. The van der Waals surface area contributed by atoms with Crippen molar-refractivity contribution in [2.75, 3.05) is 5.75 Å². The molecule has 0 fully saturated rings. The van der Waals surface area contributed by atoms with Crippen LogP contribution in [0.1, 0.15) is 6.92 Å². The van der Waals surface area contributed by atoms with Crippen molar-refractivity contribution in [3.63, 3.8) is 0 Å². The van der Waals surface area contributed by atoms with Crippen LogP contribution in [0.4, 0.5) is 0 Å². The van der Waals surface area contributed by atoms with E-state index in [1.165, 1.54) is 5.56 Å². The molecule has 3 aromatic rings. The third-order valence-corrected chi connectivity index (χ3v) is 3.92. The zero-order valence-electron chi connectivity index (χ0n) is 11.4. The van der Waals surface area contributed by atoms with Crippen LogP contribution in [-0.2, 0) is 0 Å². The van der Waals surface area contributed by atoms with Gasteiger partial charge in [0.05, 0.1) is 11.9 Å². The van der Waals surface area contributed by atoms with Crippen LogP contribution in [0.5, 0.6) is 0 Å². The first-order valence-electron chi connectivity index (χ1n) is 6.71. The number of rotatable bonds is 4. The molecular weight excluding hydrogens is 264 g/mol. The fourth-order valence-electron chi connectivity index (χ4n) is 2.20. The summed E-state index contributed by atoms with van der Waals surface area (Å²) in [7, 11) is 0. The van der Waals surface area contributed by atoms with Crippen molar-refractivity contribution in [2.45, 2.75) is 12.1 Å². The number of nitrogens with zero attached hydrogens (tertiary/aromatic N) is 2. The molecule has 0 saturated heterocycles. The molecule has 100 valence electrons. The van der Waals surface area contributed by atoms with Gasteiger partial charge in [0.25, 0.3) is 0 Å². The van der Waals surface area contributed by atoms with Crippen LogP contribution in [0.15, 0.2) is 72.0 Å². The lowest BCUT2D eigenvalue weighted by atomic mass is 10.1. The summed E-state index contributed by atoms with van der Waals surface area (Å²) in [5.74, 6) is 1.01. The first-order chi connectivity index (χ1) is 9.90. The van der Waals surface area contributed by atoms with Crippen LogP contribution in [0.25, 0.3) is 16.9 Å². The first-order valence-corrected chi connectivity index (χ1v) is 7.70. The second-order valence-electron chi connectivity index (χ2n) is 4.40.